The minimum Gasteiger partial charge on any atom is -0.493 e. The molecule has 22 heavy (non-hydrogen) atoms. The largest absolute Gasteiger partial charge is 0.493 e. The van der Waals surface area contributed by atoms with Gasteiger partial charge in [-0.3, -0.25) is 10.2 Å². The Kier molecular flexibility index (Phi) is 4.90. The summed E-state index contributed by atoms with van der Waals surface area (Å²) in [6, 6.07) is 8.95. The molecular formula is C15H19N5O2. The highest BCUT2D eigenvalue weighted by atomic mass is 16.5. The van der Waals surface area contributed by atoms with Crippen LogP contribution in [-0.2, 0) is 0 Å². The van der Waals surface area contributed by atoms with E-state index in [0.717, 1.165) is 5.56 Å². The highest BCUT2D eigenvalue weighted by Crippen LogP contribution is 2.29. The number of amides is 1. The standard InChI is InChI=1S/C15H19N5O2/c1-9(2)8-22-13-6-4-3-5-10(13)11-7-12(14(21)20-17)19-15(16)18-11/h3-7,9H,8,17H2,1-2H3,(H,20,21)(H2,16,18,19). The smallest absolute Gasteiger partial charge is 0.283 e. The number of carbonyl (C=O) groups excluding carboxylic acids is 1. The van der Waals surface area contributed by atoms with Gasteiger partial charge in [0.2, 0.25) is 5.95 Å². The van der Waals surface area contributed by atoms with E-state index in [4.69, 9.17) is 16.3 Å². The van der Waals surface area contributed by atoms with Crippen LogP contribution in [-0.4, -0.2) is 22.5 Å². The summed E-state index contributed by atoms with van der Waals surface area (Å²) < 4.78 is 5.79. The van der Waals surface area contributed by atoms with Crippen LogP contribution in [0.15, 0.2) is 30.3 Å². The fraction of sp³-hybridized carbons (Fsp3) is 0.267. The van der Waals surface area contributed by atoms with Crippen molar-refractivity contribution < 1.29 is 9.53 Å². The molecule has 0 atom stereocenters. The number of hydrazine groups is 1. The zero-order chi connectivity index (χ0) is 16.1. The molecule has 1 aromatic heterocycles. The number of carbonyl (C=O) groups is 1. The molecule has 0 radical (unpaired) electrons. The first kappa shape index (κ1) is 15.7. The fourth-order valence-corrected chi connectivity index (χ4v) is 1.85. The van der Waals surface area contributed by atoms with Gasteiger partial charge in [0.25, 0.3) is 5.91 Å². The number of hydrogen-bond acceptors (Lipinski definition) is 6. The van der Waals surface area contributed by atoms with Gasteiger partial charge < -0.3 is 10.5 Å². The van der Waals surface area contributed by atoms with E-state index in [1.807, 2.05) is 29.7 Å². The number of benzene rings is 1. The van der Waals surface area contributed by atoms with Crippen LogP contribution in [0.4, 0.5) is 5.95 Å². The van der Waals surface area contributed by atoms with E-state index in [1.165, 1.54) is 6.07 Å². The Bertz CT molecular complexity index is 673. The van der Waals surface area contributed by atoms with Gasteiger partial charge in [0.15, 0.2) is 0 Å². The van der Waals surface area contributed by atoms with E-state index < -0.39 is 5.91 Å². The van der Waals surface area contributed by atoms with Crippen molar-refractivity contribution in [1.82, 2.24) is 15.4 Å². The molecule has 2 aromatic rings. The van der Waals surface area contributed by atoms with Crippen LogP contribution in [0, 0.1) is 5.92 Å². The molecule has 0 fully saturated rings. The van der Waals surface area contributed by atoms with Gasteiger partial charge in [-0.15, -0.1) is 0 Å². The summed E-state index contributed by atoms with van der Waals surface area (Å²) in [7, 11) is 0. The van der Waals surface area contributed by atoms with Crippen molar-refractivity contribution in [3.05, 3.63) is 36.0 Å². The molecule has 0 aliphatic rings. The molecule has 0 aliphatic heterocycles. The molecule has 0 spiro atoms. The zero-order valence-corrected chi connectivity index (χ0v) is 12.5. The fourth-order valence-electron chi connectivity index (χ4n) is 1.85. The lowest BCUT2D eigenvalue weighted by Crippen LogP contribution is -2.31. The van der Waals surface area contributed by atoms with Gasteiger partial charge in [-0.05, 0) is 24.1 Å². The number of aromatic nitrogens is 2. The maximum atomic E-state index is 11.6. The second-order valence-electron chi connectivity index (χ2n) is 5.17. The van der Waals surface area contributed by atoms with Crippen LogP contribution in [0.2, 0.25) is 0 Å². The average Bonchev–Trinajstić information content (AvgIpc) is 2.51. The number of rotatable bonds is 5. The SMILES string of the molecule is CC(C)COc1ccccc1-c1cc(C(=O)NN)nc(N)n1. The van der Waals surface area contributed by atoms with Gasteiger partial charge in [0, 0.05) is 5.56 Å². The molecule has 0 aliphatic carbocycles. The molecule has 0 saturated heterocycles. The first-order valence-corrected chi connectivity index (χ1v) is 6.89. The number of hydrogen-bond donors (Lipinski definition) is 3. The van der Waals surface area contributed by atoms with Gasteiger partial charge in [0.05, 0.1) is 12.3 Å². The quantitative estimate of drug-likeness (QED) is 0.436. The highest BCUT2D eigenvalue weighted by Gasteiger charge is 2.14. The number of para-hydroxylation sites is 1. The summed E-state index contributed by atoms with van der Waals surface area (Å²) in [5.74, 6) is 5.66. The lowest BCUT2D eigenvalue weighted by atomic mass is 10.1. The highest BCUT2D eigenvalue weighted by molar-refractivity contribution is 5.93. The van der Waals surface area contributed by atoms with Crippen molar-refractivity contribution in [2.24, 2.45) is 11.8 Å². The van der Waals surface area contributed by atoms with E-state index in [1.54, 1.807) is 0 Å². The predicted octanol–water partition coefficient (Wildman–Crippen LogP) is 1.36. The minimum atomic E-state index is -0.532. The summed E-state index contributed by atoms with van der Waals surface area (Å²) in [5, 5.41) is 0. The summed E-state index contributed by atoms with van der Waals surface area (Å²) in [6.07, 6.45) is 0. The second kappa shape index (κ2) is 6.86. The van der Waals surface area contributed by atoms with E-state index in [2.05, 4.69) is 23.8 Å². The Morgan fingerprint density at radius 3 is 2.73 bits per heavy atom. The van der Waals surface area contributed by atoms with Crippen molar-refractivity contribution in [3.63, 3.8) is 0 Å². The monoisotopic (exact) mass is 301 g/mol. The molecule has 7 heteroatoms. The third kappa shape index (κ3) is 3.70. The zero-order valence-electron chi connectivity index (χ0n) is 12.5. The van der Waals surface area contributed by atoms with Crippen molar-refractivity contribution in [2.45, 2.75) is 13.8 Å². The summed E-state index contributed by atoms with van der Waals surface area (Å²) in [6.45, 7) is 4.71. The van der Waals surface area contributed by atoms with Crippen LogP contribution in [0.5, 0.6) is 5.75 Å². The van der Waals surface area contributed by atoms with Crippen LogP contribution in [0.3, 0.4) is 0 Å². The molecule has 2 rings (SSSR count). The Morgan fingerprint density at radius 2 is 2.05 bits per heavy atom. The number of nitrogen functional groups attached to an aromatic ring is 2. The second-order valence-corrected chi connectivity index (χ2v) is 5.17. The average molecular weight is 301 g/mol. The Balaban J connectivity index is 2.43. The van der Waals surface area contributed by atoms with Crippen LogP contribution >= 0.6 is 0 Å². The topological polar surface area (TPSA) is 116 Å². The molecule has 1 aromatic carbocycles. The number of ether oxygens (including phenoxy) is 1. The van der Waals surface area contributed by atoms with Crippen LogP contribution in [0.25, 0.3) is 11.3 Å². The molecule has 1 amide bonds. The molecule has 5 N–H and O–H groups in total. The maximum absolute atomic E-state index is 11.6. The van der Waals surface area contributed by atoms with Crippen LogP contribution < -0.4 is 21.7 Å². The number of nitrogens with zero attached hydrogens (tertiary/aromatic N) is 2. The van der Waals surface area contributed by atoms with Gasteiger partial charge >= 0.3 is 0 Å². The minimum absolute atomic E-state index is 0.00485. The molecular weight excluding hydrogens is 282 g/mol. The van der Waals surface area contributed by atoms with E-state index >= 15 is 0 Å². The Morgan fingerprint density at radius 1 is 1.32 bits per heavy atom. The third-order valence-electron chi connectivity index (χ3n) is 2.84. The van der Waals surface area contributed by atoms with Crippen LogP contribution in [0.1, 0.15) is 24.3 Å². The summed E-state index contributed by atoms with van der Waals surface area (Å²) >= 11 is 0. The summed E-state index contributed by atoms with van der Waals surface area (Å²) in [4.78, 5) is 19.7. The van der Waals surface area contributed by atoms with Crippen molar-refractivity contribution in [2.75, 3.05) is 12.3 Å². The van der Waals surface area contributed by atoms with Crippen molar-refractivity contribution in [1.29, 1.82) is 0 Å². The molecule has 0 saturated carbocycles. The van der Waals surface area contributed by atoms with Gasteiger partial charge in [0.1, 0.15) is 11.4 Å². The van der Waals surface area contributed by atoms with Crippen molar-refractivity contribution >= 4 is 11.9 Å². The maximum Gasteiger partial charge on any atom is 0.283 e. The molecule has 0 bridgehead atoms. The van der Waals surface area contributed by atoms with E-state index in [9.17, 15) is 4.79 Å². The molecule has 116 valence electrons. The first-order valence-electron chi connectivity index (χ1n) is 6.89. The molecule has 0 unspecified atom stereocenters. The van der Waals surface area contributed by atoms with Gasteiger partial charge in [-0.2, -0.15) is 0 Å². The number of nitrogens with one attached hydrogen (secondary N) is 1. The number of nitrogens with two attached hydrogens (primary N) is 2. The van der Waals surface area contributed by atoms with Crippen molar-refractivity contribution in [3.8, 4) is 17.0 Å². The van der Waals surface area contributed by atoms with E-state index in [-0.39, 0.29) is 11.6 Å². The molecule has 7 nitrogen and oxygen atoms in total. The Labute approximate surface area is 128 Å². The Hall–Kier alpha value is -2.67. The normalized spacial score (nSPS) is 10.5. The molecule has 1 heterocycles. The number of anilines is 1. The lowest BCUT2D eigenvalue weighted by Gasteiger charge is -2.13. The predicted molar refractivity (Wildman–Crippen MR) is 83.9 cm³/mol. The van der Waals surface area contributed by atoms with E-state index in [0.29, 0.717) is 24.0 Å². The van der Waals surface area contributed by atoms with Gasteiger partial charge in [-0.25, -0.2) is 15.8 Å². The summed E-state index contributed by atoms with van der Waals surface area (Å²) in [5.41, 5.74) is 9.05. The lowest BCUT2D eigenvalue weighted by molar-refractivity contribution is 0.0948. The first-order chi connectivity index (χ1) is 10.5. The van der Waals surface area contributed by atoms with Gasteiger partial charge in [-0.1, -0.05) is 26.0 Å². The third-order valence-corrected chi connectivity index (χ3v) is 2.84.